The number of amides is 2. The molecule has 0 saturated heterocycles. The van der Waals surface area contributed by atoms with Crippen molar-refractivity contribution in [1.82, 2.24) is 5.32 Å². The van der Waals surface area contributed by atoms with E-state index in [4.69, 9.17) is 11.6 Å². The standard InChI is InChI=1S/C17H20ClF2NO2/c1-2-12(16(19)20)8-4-3-5-11-15(22)21-17(23)13-9-6-7-10-14(13)18/h6-7,9-10H,2-5,8,11H2,1H3,(H,21,22,23). The van der Waals surface area contributed by atoms with Gasteiger partial charge in [-0.15, -0.1) is 0 Å². The van der Waals surface area contributed by atoms with Crippen LogP contribution in [0.3, 0.4) is 0 Å². The van der Waals surface area contributed by atoms with Gasteiger partial charge < -0.3 is 0 Å². The molecule has 0 fully saturated rings. The van der Waals surface area contributed by atoms with Crippen LogP contribution in [0.4, 0.5) is 8.78 Å². The Bertz CT molecular complexity index is 584. The van der Waals surface area contributed by atoms with E-state index >= 15 is 0 Å². The van der Waals surface area contributed by atoms with Crippen LogP contribution in [0.2, 0.25) is 5.02 Å². The van der Waals surface area contributed by atoms with Gasteiger partial charge in [0.1, 0.15) is 0 Å². The predicted octanol–water partition coefficient (Wildman–Crippen LogP) is 5.11. The summed E-state index contributed by atoms with van der Waals surface area (Å²) in [5.41, 5.74) is 0.419. The number of halogens is 3. The normalized spacial score (nSPS) is 10.3. The van der Waals surface area contributed by atoms with Crippen molar-refractivity contribution in [2.45, 2.75) is 45.4 Å². The number of unbranched alkanes of at least 4 members (excludes halogenated alkanes) is 2. The number of allylic oxidation sites excluding steroid dienone is 1. The number of hydrogen-bond donors (Lipinski definition) is 1. The topological polar surface area (TPSA) is 46.2 Å². The Labute approximate surface area is 139 Å². The van der Waals surface area contributed by atoms with Crippen LogP contribution in [0.15, 0.2) is 35.9 Å². The van der Waals surface area contributed by atoms with Crippen molar-refractivity contribution in [3.05, 3.63) is 46.5 Å². The van der Waals surface area contributed by atoms with Crippen LogP contribution in [0.5, 0.6) is 0 Å². The lowest BCUT2D eigenvalue weighted by Crippen LogP contribution is -2.30. The molecule has 23 heavy (non-hydrogen) atoms. The fourth-order valence-electron chi connectivity index (χ4n) is 2.11. The lowest BCUT2D eigenvalue weighted by Gasteiger charge is -2.06. The maximum absolute atomic E-state index is 12.4. The summed E-state index contributed by atoms with van der Waals surface area (Å²) in [7, 11) is 0. The van der Waals surface area contributed by atoms with Crippen LogP contribution in [0.1, 0.15) is 55.8 Å². The molecule has 1 aromatic rings. The zero-order valence-corrected chi connectivity index (χ0v) is 13.8. The van der Waals surface area contributed by atoms with Crippen LogP contribution < -0.4 is 5.32 Å². The molecule has 0 aliphatic carbocycles. The van der Waals surface area contributed by atoms with Crippen molar-refractivity contribution in [3.8, 4) is 0 Å². The molecular weight excluding hydrogens is 324 g/mol. The Morgan fingerprint density at radius 3 is 2.35 bits per heavy atom. The van der Waals surface area contributed by atoms with E-state index in [2.05, 4.69) is 5.32 Å². The number of nitrogens with one attached hydrogen (secondary N) is 1. The molecule has 0 spiro atoms. The van der Waals surface area contributed by atoms with Crippen molar-refractivity contribution in [1.29, 1.82) is 0 Å². The number of benzene rings is 1. The molecule has 0 aliphatic heterocycles. The van der Waals surface area contributed by atoms with Gasteiger partial charge in [-0.05, 0) is 43.4 Å². The highest BCUT2D eigenvalue weighted by Gasteiger charge is 2.12. The van der Waals surface area contributed by atoms with E-state index in [0.717, 1.165) is 0 Å². The first-order valence-electron chi connectivity index (χ1n) is 7.57. The van der Waals surface area contributed by atoms with Gasteiger partial charge in [-0.3, -0.25) is 14.9 Å². The highest BCUT2D eigenvalue weighted by molar-refractivity contribution is 6.34. The third kappa shape index (κ3) is 6.91. The summed E-state index contributed by atoms with van der Waals surface area (Å²) < 4.78 is 24.9. The summed E-state index contributed by atoms with van der Waals surface area (Å²) in [6, 6.07) is 6.47. The Balaban J connectivity index is 2.29. The molecule has 1 N–H and O–H groups in total. The molecule has 3 nitrogen and oxygen atoms in total. The SMILES string of the molecule is CCC(CCCCCC(=O)NC(=O)c1ccccc1Cl)=C(F)F. The number of imide groups is 1. The van der Waals surface area contributed by atoms with Crippen molar-refractivity contribution in [2.75, 3.05) is 0 Å². The van der Waals surface area contributed by atoms with Crippen LogP contribution in [0, 0.1) is 0 Å². The minimum Gasteiger partial charge on any atom is -0.292 e. The molecule has 0 aromatic heterocycles. The third-order valence-electron chi connectivity index (χ3n) is 3.45. The second kappa shape index (κ2) is 10.1. The second-order valence-electron chi connectivity index (χ2n) is 5.14. The first-order valence-corrected chi connectivity index (χ1v) is 7.95. The van der Waals surface area contributed by atoms with E-state index in [1.54, 1.807) is 25.1 Å². The molecule has 0 saturated carbocycles. The average molecular weight is 344 g/mol. The quantitative estimate of drug-likeness (QED) is 0.667. The third-order valence-corrected chi connectivity index (χ3v) is 3.78. The van der Waals surface area contributed by atoms with E-state index in [1.807, 2.05) is 0 Å². The molecular formula is C17H20ClF2NO2. The number of rotatable bonds is 8. The number of carbonyl (C=O) groups is 2. The van der Waals surface area contributed by atoms with Gasteiger partial charge in [0.2, 0.25) is 5.91 Å². The average Bonchev–Trinajstić information content (AvgIpc) is 2.50. The van der Waals surface area contributed by atoms with Crippen molar-refractivity contribution in [3.63, 3.8) is 0 Å². The van der Waals surface area contributed by atoms with Gasteiger partial charge in [-0.25, -0.2) is 0 Å². The first-order chi connectivity index (χ1) is 11.0. The Morgan fingerprint density at radius 2 is 1.74 bits per heavy atom. The van der Waals surface area contributed by atoms with Gasteiger partial charge >= 0.3 is 0 Å². The Morgan fingerprint density at radius 1 is 1.09 bits per heavy atom. The van der Waals surface area contributed by atoms with Gasteiger partial charge in [0.05, 0.1) is 10.6 Å². The highest BCUT2D eigenvalue weighted by atomic mass is 35.5. The predicted molar refractivity (Wildman–Crippen MR) is 86.5 cm³/mol. The lowest BCUT2D eigenvalue weighted by atomic mass is 10.1. The van der Waals surface area contributed by atoms with Crippen molar-refractivity contribution < 1.29 is 18.4 Å². The minimum atomic E-state index is -1.60. The number of carbonyl (C=O) groups excluding carboxylic acids is 2. The van der Waals surface area contributed by atoms with Gasteiger partial charge in [-0.2, -0.15) is 8.78 Å². The Hall–Kier alpha value is -1.75. The summed E-state index contributed by atoms with van der Waals surface area (Å²) in [6.45, 7) is 1.70. The molecule has 1 rings (SSSR count). The smallest absolute Gasteiger partial charge is 0.269 e. The van der Waals surface area contributed by atoms with Crippen molar-refractivity contribution >= 4 is 23.4 Å². The molecule has 0 bridgehead atoms. The minimum absolute atomic E-state index is 0.170. The van der Waals surface area contributed by atoms with Crippen molar-refractivity contribution in [2.24, 2.45) is 0 Å². The molecule has 0 radical (unpaired) electrons. The summed E-state index contributed by atoms with van der Waals surface area (Å²) in [4.78, 5) is 23.6. The van der Waals surface area contributed by atoms with Gasteiger partial charge in [-0.1, -0.05) is 37.1 Å². The van der Waals surface area contributed by atoms with E-state index in [9.17, 15) is 18.4 Å². The molecule has 1 aromatic carbocycles. The van der Waals surface area contributed by atoms with E-state index < -0.39 is 17.9 Å². The zero-order valence-electron chi connectivity index (χ0n) is 13.0. The molecule has 0 unspecified atom stereocenters. The molecule has 6 heteroatoms. The van der Waals surface area contributed by atoms with Gasteiger partial charge in [0.25, 0.3) is 12.0 Å². The van der Waals surface area contributed by atoms with Crippen LogP contribution in [-0.4, -0.2) is 11.8 Å². The zero-order chi connectivity index (χ0) is 17.2. The van der Waals surface area contributed by atoms with Gasteiger partial charge in [0, 0.05) is 6.42 Å². The van der Waals surface area contributed by atoms with E-state index in [1.165, 1.54) is 6.07 Å². The molecule has 0 heterocycles. The summed E-state index contributed by atoms with van der Waals surface area (Å²) in [6.07, 6.45) is 1.08. The van der Waals surface area contributed by atoms with Crippen LogP contribution in [0.25, 0.3) is 0 Å². The van der Waals surface area contributed by atoms with Crippen LogP contribution >= 0.6 is 11.6 Å². The summed E-state index contributed by atoms with van der Waals surface area (Å²) in [5, 5.41) is 2.56. The van der Waals surface area contributed by atoms with E-state index in [-0.39, 0.29) is 22.6 Å². The molecule has 126 valence electrons. The fraction of sp³-hybridized carbons (Fsp3) is 0.412. The maximum atomic E-state index is 12.4. The Kier molecular flexibility index (Phi) is 8.48. The molecule has 0 aliphatic rings. The lowest BCUT2D eigenvalue weighted by molar-refractivity contribution is -0.120. The second-order valence-corrected chi connectivity index (χ2v) is 5.54. The fourth-order valence-corrected chi connectivity index (χ4v) is 2.33. The monoisotopic (exact) mass is 343 g/mol. The first kappa shape index (κ1) is 19.3. The van der Waals surface area contributed by atoms with E-state index in [0.29, 0.717) is 32.1 Å². The largest absolute Gasteiger partial charge is 0.292 e. The molecule has 0 atom stereocenters. The summed E-state index contributed by atoms with van der Waals surface area (Å²) >= 11 is 5.88. The summed E-state index contributed by atoms with van der Waals surface area (Å²) in [5.74, 6) is -0.922. The molecule has 2 amide bonds. The van der Waals surface area contributed by atoms with Crippen LogP contribution in [-0.2, 0) is 4.79 Å². The van der Waals surface area contributed by atoms with Gasteiger partial charge in [0.15, 0.2) is 0 Å². The number of hydrogen-bond acceptors (Lipinski definition) is 2. The highest BCUT2D eigenvalue weighted by Crippen LogP contribution is 2.19. The maximum Gasteiger partial charge on any atom is 0.269 e.